The number of benzene rings is 1. The van der Waals surface area contributed by atoms with Gasteiger partial charge in [-0.3, -0.25) is 4.79 Å². The first-order valence-electron chi connectivity index (χ1n) is 6.76. The van der Waals surface area contributed by atoms with Crippen LogP contribution in [0.25, 0.3) is 11.3 Å². The van der Waals surface area contributed by atoms with Gasteiger partial charge in [0.25, 0.3) is 5.91 Å². The molecular formula is C15H15BrN2O2. The van der Waals surface area contributed by atoms with Crippen molar-refractivity contribution in [2.75, 3.05) is 0 Å². The van der Waals surface area contributed by atoms with E-state index in [1.165, 1.54) is 12.8 Å². The molecule has 1 aromatic heterocycles. The number of amides is 1. The molecule has 1 aliphatic carbocycles. The third kappa shape index (κ3) is 2.93. The fourth-order valence-corrected chi connectivity index (χ4v) is 2.73. The minimum absolute atomic E-state index is 0.149. The molecule has 0 atom stereocenters. The van der Waals surface area contributed by atoms with E-state index in [1.807, 2.05) is 24.3 Å². The van der Waals surface area contributed by atoms with Gasteiger partial charge < -0.3 is 9.84 Å². The van der Waals surface area contributed by atoms with Crippen molar-refractivity contribution in [3.8, 4) is 11.3 Å². The number of halogens is 1. The van der Waals surface area contributed by atoms with Gasteiger partial charge in [0.2, 0.25) is 0 Å². The van der Waals surface area contributed by atoms with Crippen molar-refractivity contribution in [2.45, 2.75) is 31.7 Å². The molecule has 0 spiro atoms. The largest absolute Gasteiger partial charge is 0.355 e. The smallest absolute Gasteiger partial charge is 0.273 e. The van der Waals surface area contributed by atoms with Crippen LogP contribution < -0.4 is 5.32 Å². The summed E-state index contributed by atoms with van der Waals surface area (Å²) in [6, 6.07) is 9.67. The van der Waals surface area contributed by atoms with E-state index in [9.17, 15) is 4.79 Å². The first kappa shape index (κ1) is 13.4. The zero-order valence-electron chi connectivity index (χ0n) is 10.9. The summed E-state index contributed by atoms with van der Waals surface area (Å²) in [6.07, 6.45) is 4.49. The lowest BCUT2D eigenvalue weighted by Crippen LogP contribution is -2.32. The number of aromatic nitrogens is 1. The molecule has 1 heterocycles. The molecule has 104 valence electrons. The third-order valence-corrected chi connectivity index (χ3v) is 4.09. The van der Waals surface area contributed by atoms with Gasteiger partial charge in [-0.25, -0.2) is 0 Å². The Hall–Kier alpha value is -1.62. The summed E-state index contributed by atoms with van der Waals surface area (Å²) in [5, 5.41) is 6.86. The van der Waals surface area contributed by atoms with Crippen LogP contribution in [-0.4, -0.2) is 17.1 Å². The van der Waals surface area contributed by atoms with Gasteiger partial charge in [-0.2, -0.15) is 0 Å². The Bertz CT molecular complexity index is 601. The standard InChI is InChI=1S/C15H15BrN2O2/c16-11-7-5-10(6-8-11)14-9-13(18-20-14)15(19)17-12-3-1-2-4-12/h5-9,12H,1-4H2,(H,17,19). The topological polar surface area (TPSA) is 55.1 Å². The highest BCUT2D eigenvalue weighted by molar-refractivity contribution is 9.10. The van der Waals surface area contributed by atoms with Crippen molar-refractivity contribution in [3.05, 3.63) is 40.5 Å². The van der Waals surface area contributed by atoms with Gasteiger partial charge in [-0.15, -0.1) is 0 Å². The van der Waals surface area contributed by atoms with Crippen molar-refractivity contribution in [3.63, 3.8) is 0 Å². The van der Waals surface area contributed by atoms with Gasteiger partial charge in [0, 0.05) is 22.1 Å². The highest BCUT2D eigenvalue weighted by atomic mass is 79.9. The van der Waals surface area contributed by atoms with E-state index < -0.39 is 0 Å². The zero-order chi connectivity index (χ0) is 13.9. The quantitative estimate of drug-likeness (QED) is 0.929. The van der Waals surface area contributed by atoms with Crippen LogP contribution in [0.5, 0.6) is 0 Å². The molecule has 0 saturated heterocycles. The van der Waals surface area contributed by atoms with Crippen LogP contribution in [0, 0.1) is 0 Å². The monoisotopic (exact) mass is 334 g/mol. The summed E-state index contributed by atoms with van der Waals surface area (Å²) in [7, 11) is 0. The fourth-order valence-electron chi connectivity index (χ4n) is 2.46. The molecule has 1 N–H and O–H groups in total. The van der Waals surface area contributed by atoms with Gasteiger partial charge in [0.05, 0.1) is 0 Å². The number of rotatable bonds is 3. The van der Waals surface area contributed by atoms with Crippen LogP contribution in [0.1, 0.15) is 36.2 Å². The van der Waals surface area contributed by atoms with Crippen LogP contribution in [0.4, 0.5) is 0 Å². The van der Waals surface area contributed by atoms with Crippen LogP contribution >= 0.6 is 15.9 Å². The molecule has 0 radical (unpaired) electrons. The number of hydrogen-bond acceptors (Lipinski definition) is 3. The van der Waals surface area contributed by atoms with Gasteiger partial charge in [-0.05, 0) is 25.0 Å². The molecule has 1 fully saturated rings. The molecular weight excluding hydrogens is 320 g/mol. The number of nitrogens with one attached hydrogen (secondary N) is 1. The second kappa shape index (κ2) is 5.79. The number of hydrogen-bond donors (Lipinski definition) is 1. The Morgan fingerprint density at radius 2 is 1.95 bits per heavy atom. The summed E-state index contributed by atoms with van der Waals surface area (Å²) in [5.41, 5.74) is 1.25. The van der Waals surface area contributed by atoms with Gasteiger partial charge in [0.15, 0.2) is 11.5 Å². The SMILES string of the molecule is O=C(NC1CCCC1)c1cc(-c2ccc(Br)cc2)on1. The van der Waals surface area contributed by atoms with Gasteiger partial charge >= 0.3 is 0 Å². The lowest BCUT2D eigenvalue weighted by molar-refractivity contribution is 0.0929. The zero-order valence-corrected chi connectivity index (χ0v) is 12.5. The second-order valence-electron chi connectivity index (χ2n) is 5.04. The molecule has 0 bridgehead atoms. The van der Waals surface area contributed by atoms with Crippen LogP contribution in [0.3, 0.4) is 0 Å². The summed E-state index contributed by atoms with van der Waals surface area (Å²) in [6.45, 7) is 0. The Morgan fingerprint density at radius 1 is 1.25 bits per heavy atom. The van der Waals surface area contributed by atoms with E-state index in [0.29, 0.717) is 11.5 Å². The van der Waals surface area contributed by atoms with Crippen molar-refractivity contribution in [1.29, 1.82) is 0 Å². The highest BCUT2D eigenvalue weighted by Gasteiger charge is 2.20. The van der Waals surface area contributed by atoms with Crippen molar-refractivity contribution in [2.24, 2.45) is 0 Å². The lowest BCUT2D eigenvalue weighted by Gasteiger charge is -2.09. The normalized spacial score (nSPS) is 15.4. The average Bonchev–Trinajstić information content (AvgIpc) is 3.10. The van der Waals surface area contributed by atoms with E-state index in [-0.39, 0.29) is 11.9 Å². The maximum Gasteiger partial charge on any atom is 0.273 e. The molecule has 3 rings (SSSR count). The number of carbonyl (C=O) groups excluding carboxylic acids is 1. The average molecular weight is 335 g/mol. The summed E-state index contributed by atoms with van der Waals surface area (Å²) < 4.78 is 6.25. The number of carbonyl (C=O) groups is 1. The van der Waals surface area contributed by atoms with Gasteiger partial charge in [0.1, 0.15) is 0 Å². The van der Waals surface area contributed by atoms with E-state index in [4.69, 9.17) is 4.52 Å². The van der Waals surface area contributed by atoms with E-state index >= 15 is 0 Å². The van der Waals surface area contributed by atoms with Crippen LogP contribution in [-0.2, 0) is 0 Å². The maximum atomic E-state index is 12.1. The predicted octanol–water partition coefficient (Wildman–Crippen LogP) is 3.78. The predicted molar refractivity (Wildman–Crippen MR) is 79.4 cm³/mol. The van der Waals surface area contributed by atoms with E-state index in [0.717, 1.165) is 22.9 Å². The summed E-state index contributed by atoms with van der Waals surface area (Å²) in [4.78, 5) is 12.1. The Labute approximate surface area is 125 Å². The van der Waals surface area contributed by atoms with E-state index in [2.05, 4.69) is 26.4 Å². The molecule has 5 heteroatoms. The third-order valence-electron chi connectivity index (χ3n) is 3.56. The minimum atomic E-state index is -0.149. The Morgan fingerprint density at radius 3 is 2.65 bits per heavy atom. The maximum absolute atomic E-state index is 12.1. The molecule has 1 aliphatic rings. The first-order valence-corrected chi connectivity index (χ1v) is 7.55. The highest BCUT2D eigenvalue weighted by Crippen LogP contribution is 2.23. The Kier molecular flexibility index (Phi) is 3.87. The molecule has 0 aliphatic heterocycles. The molecule has 20 heavy (non-hydrogen) atoms. The number of nitrogens with zero attached hydrogens (tertiary/aromatic N) is 1. The lowest BCUT2D eigenvalue weighted by atomic mass is 10.1. The van der Waals surface area contributed by atoms with Crippen molar-refractivity contribution >= 4 is 21.8 Å². The molecule has 1 amide bonds. The molecule has 2 aromatic rings. The van der Waals surface area contributed by atoms with Crippen LogP contribution in [0.15, 0.2) is 39.3 Å². The summed E-state index contributed by atoms with van der Waals surface area (Å²) >= 11 is 3.38. The van der Waals surface area contributed by atoms with Crippen molar-refractivity contribution < 1.29 is 9.32 Å². The molecule has 1 aromatic carbocycles. The van der Waals surface area contributed by atoms with Gasteiger partial charge in [-0.1, -0.05) is 46.1 Å². The van der Waals surface area contributed by atoms with E-state index in [1.54, 1.807) is 6.07 Å². The molecule has 4 nitrogen and oxygen atoms in total. The molecule has 0 unspecified atom stereocenters. The Balaban J connectivity index is 1.72. The summed E-state index contributed by atoms with van der Waals surface area (Å²) in [5.74, 6) is 0.457. The second-order valence-corrected chi connectivity index (χ2v) is 5.95. The van der Waals surface area contributed by atoms with Crippen LogP contribution in [0.2, 0.25) is 0 Å². The molecule has 1 saturated carbocycles. The minimum Gasteiger partial charge on any atom is -0.355 e. The van der Waals surface area contributed by atoms with Crippen molar-refractivity contribution in [1.82, 2.24) is 10.5 Å². The first-order chi connectivity index (χ1) is 9.72. The fraction of sp³-hybridized carbons (Fsp3) is 0.333.